The highest BCUT2D eigenvalue weighted by Crippen LogP contribution is 2.28. The first-order chi connectivity index (χ1) is 13.6. The quantitative estimate of drug-likeness (QED) is 0.729. The summed E-state index contributed by atoms with van der Waals surface area (Å²) >= 11 is 0. The summed E-state index contributed by atoms with van der Waals surface area (Å²) in [6, 6.07) is 11.5. The van der Waals surface area contributed by atoms with Gasteiger partial charge in [-0.2, -0.15) is 15.3 Å². The fraction of sp³-hybridized carbons (Fsp3) is 0.316. The molecule has 0 bridgehead atoms. The second-order valence-corrected chi connectivity index (χ2v) is 6.80. The van der Waals surface area contributed by atoms with E-state index in [1.807, 2.05) is 41.3 Å². The molecule has 9 heteroatoms. The highest BCUT2D eigenvalue weighted by Gasteiger charge is 2.29. The van der Waals surface area contributed by atoms with Crippen molar-refractivity contribution >= 4 is 11.8 Å². The summed E-state index contributed by atoms with van der Waals surface area (Å²) in [6.07, 6.45) is 3.26. The van der Waals surface area contributed by atoms with Crippen LogP contribution in [0.3, 0.4) is 0 Å². The molecule has 1 aliphatic heterocycles. The molecule has 3 aromatic rings. The van der Waals surface area contributed by atoms with Crippen molar-refractivity contribution < 1.29 is 0 Å². The van der Waals surface area contributed by atoms with Crippen molar-refractivity contribution in [2.45, 2.75) is 18.8 Å². The van der Waals surface area contributed by atoms with Crippen LogP contribution in [0.25, 0.3) is 5.69 Å². The van der Waals surface area contributed by atoms with Gasteiger partial charge in [-0.1, -0.05) is 18.2 Å². The first-order valence-corrected chi connectivity index (χ1v) is 9.07. The smallest absolute Gasteiger partial charge is 0.350 e. The zero-order valence-electron chi connectivity index (χ0n) is 15.5. The Morgan fingerprint density at radius 2 is 2.07 bits per heavy atom. The fourth-order valence-corrected chi connectivity index (χ4v) is 3.56. The first kappa shape index (κ1) is 17.7. The number of benzene rings is 1. The first-order valence-electron chi connectivity index (χ1n) is 9.07. The van der Waals surface area contributed by atoms with Crippen molar-refractivity contribution in [3.05, 3.63) is 58.4 Å². The number of nitrogen functional groups attached to an aromatic ring is 1. The molecule has 1 fully saturated rings. The van der Waals surface area contributed by atoms with E-state index < -0.39 is 0 Å². The zero-order chi connectivity index (χ0) is 19.7. The third-order valence-electron chi connectivity index (χ3n) is 4.96. The number of aryl methyl sites for hydroxylation is 1. The molecular weight excluding hydrogens is 356 g/mol. The SMILES string of the molecule is Cn1nc([C@@H]2CCCN(c3ncc(C#N)c(N)n3)C2)n(-c2ccccc2)c1=O. The molecule has 28 heavy (non-hydrogen) atoms. The minimum Gasteiger partial charge on any atom is -0.382 e. The molecule has 2 N–H and O–H groups in total. The van der Waals surface area contributed by atoms with E-state index in [1.54, 1.807) is 11.6 Å². The molecule has 1 saturated heterocycles. The molecule has 142 valence electrons. The Morgan fingerprint density at radius 1 is 1.29 bits per heavy atom. The van der Waals surface area contributed by atoms with Crippen LogP contribution in [-0.4, -0.2) is 37.4 Å². The standard InChI is InChI=1S/C19H20N8O/c1-25-19(28)27(15-7-3-2-4-8-15)17(24-25)13-6-5-9-26(12-13)18-22-11-14(10-20)16(21)23-18/h2-4,7-8,11,13H,5-6,9,12H2,1H3,(H2,21,22,23)/t13-/m1/s1. The average molecular weight is 376 g/mol. The average Bonchev–Trinajstić information content (AvgIpc) is 3.03. The lowest BCUT2D eigenvalue weighted by atomic mass is 9.97. The lowest BCUT2D eigenvalue weighted by Gasteiger charge is -2.32. The van der Waals surface area contributed by atoms with Crippen LogP contribution >= 0.6 is 0 Å². The van der Waals surface area contributed by atoms with Crippen LogP contribution in [0.4, 0.5) is 11.8 Å². The second-order valence-electron chi connectivity index (χ2n) is 6.80. The van der Waals surface area contributed by atoms with Crippen molar-refractivity contribution in [1.29, 1.82) is 5.26 Å². The van der Waals surface area contributed by atoms with Gasteiger partial charge in [-0.15, -0.1) is 0 Å². The van der Waals surface area contributed by atoms with Crippen LogP contribution in [0, 0.1) is 11.3 Å². The number of nitrogens with zero attached hydrogens (tertiary/aromatic N) is 7. The maximum Gasteiger partial charge on any atom is 0.350 e. The van der Waals surface area contributed by atoms with Crippen LogP contribution in [0.2, 0.25) is 0 Å². The third-order valence-corrected chi connectivity index (χ3v) is 4.96. The van der Waals surface area contributed by atoms with Gasteiger partial charge in [0.15, 0.2) is 0 Å². The molecule has 0 unspecified atom stereocenters. The van der Waals surface area contributed by atoms with Gasteiger partial charge in [0.25, 0.3) is 0 Å². The lowest BCUT2D eigenvalue weighted by molar-refractivity contribution is 0.478. The monoisotopic (exact) mass is 376 g/mol. The number of piperidine rings is 1. The third kappa shape index (κ3) is 3.09. The van der Waals surface area contributed by atoms with Gasteiger partial charge >= 0.3 is 5.69 Å². The van der Waals surface area contributed by atoms with Crippen LogP contribution in [-0.2, 0) is 7.05 Å². The van der Waals surface area contributed by atoms with E-state index in [1.165, 1.54) is 10.9 Å². The summed E-state index contributed by atoms with van der Waals surface area (Å²) in [5.41, 5.74) is 6.74. The van der Waals surface area contributed by atoms with Crippen molar-refractivity contribution in [3.8, 4) is 11.8 Å². The van der Waals surface area contributed by atoms with Crippen LogP contribution in [0.15, 0.2) is 41.3 Å². The zero-order valence-corrected chi connectivity index (χ0v) is 15.5. The Kier molecular flexibility index (Phi) is 4.53. The number of hydrogen-bond donors (Lipinski definition) is 1. The maximum atomic E-state index is 12.7. The molecule has 1 atom stereocenters. The van der Waals surface area contributed by atoms with Crippen LogP contribution in [0.5, 0.6) is 0 Å². The van der Waals surface area contributed by atoms with E-state index in [0.29, 0.717) is 12.5 Å². The van der Waals surface area contributed by atoms with E-state index >= 15 is 0 Å². The Labute approximate surface area is 161 Å². The van der Waals surface area contributed by atoms with Gasteiger partial charge in [0.05, 0.1) is 11.9 Å². The van der Waals surface area contributed by atoms with Gasteiger partial charge in [0, 0.05) is 26.1 Å². The minimum atomic E-state index is -0.169. The number of nitrogens with two attached hydrogens (primary N) is 1. The fourth-order valence-electron chi connectivity index (χ4n) is 3.56. The summed E-state index contributed by atoms with van der Waals surface area (Å²) in [6.45, 7) is 1.40. The predicted octanol–water partition coefficient (Wildman–Crippen LogP) is 1.20. The highest BCUT2D eigenvalue weighted by molar-refractivity contribution is 5.50. The van der Waals surface area contributed by atoms with E-state index in [4.69, 9.17) is 11.0 Å². The normalized spacial score (nSPS) is 16.7. The second kappa shape index (κ2) is 7.15. The van der Waals surface area contributed by atoms with Gasteiger partial charge in [0.2, 0.25) is 5.95 Å². The van der Waals surface area contributed by atoms with Crippen molar-refractivity contribution in [1.82, 2.24) is 24.3 Å². The van der Waals surface area contributed by atoms with Gasteiger partial charge < -0.3 is 10.6 Å². The molecule has 0 saturated carbocycles. The molecule has 0 radical (unpaired) electrons. The largest absolute Gasteiger partial charge is 0.382 e. The summed E-state index contributed by atoms with van der Waals surface area (Å²) in [4.78, 5) is 23.3. The number of hydrogen-bond acceptors (Lipinski definition) is 7. The summed E-state index contributed by atoms with van der Waals surface area (Å²) in [5, 5.41) is 13.5. The summed E-state index contributed by atoms with van der Waals surface area (Å²) in [5.74, 6) is 1.44. The number of para-hydroxylation sites is 1. The van der Waals surface area contributed by atoms with Crippen molar-refractivity contribution in [3.63, 3.8) is 0 Å². The van der Waals surface area contributed by atoms with Crippen LogP contribution < -0.4 is 16.3 Å². The molecule has 2 aromatic heterocycles. The Bertz CT molecular complexity index is 1100. The number of aromatic nitrogens is 5. The molecule has 3 heterocycles. The van der Waals surface area contributed by atoms with Crippen LogP contribution in [0.1, 0.15) is 30.1 Å². The molecule has 0 amide bonds. The topological polar surface area (TPSA) is 119 Å². The predicted molar refractivity (Wildman–Crippen MR) is 104 cm³/mol. The maximum absolute atomic E-state index is 12.7. The summed E-state index contributed by atoms with van der Waals surface area (Å²) in [7, 11) is 1.66. The van der Waals surface area contributed by atoms with Crippen molar-refractivity contribution in [2.75, 3.05) is 23.7 Å². The molecule has 1 aromatic carbocycles. The van der Waals surface area contributed by atoms with E-state index in [9.17, 15) is 4.79 Å². The Morgan fingerprint density at radius 3 is 2.79 bits per heavy atom. The van der Waals surface area contributed by atoms with E-state index in [-0.39, 0.29) is 23.0 Å². The van der Waals surface area contributed by atoms with Gasteiger partial charge in [0.1, 0.15) is 23.3 Å². The molecule has 1 aliphatic rings. The van der Waals surface area contributed by atoms with Gasteiger partial charge in [-0.05, 0) is 25.0 Å². The number of rotatable bonds is 3. The molecular formula is C19H20N8O. The van der Waals surface area contributed by atoms with Crippen molar-refractivity contribution in [2.24, 2.45) is 7.05 Å². The lowest BCUT2D eigenvalue weighted by Crippen LogP contribution is -2.37. The molecule has 0 aliphatic carbocycles. The van der Waals surface area contributed by atoms with E-state index in [0.717, 1.165) is 30.9 Å². The minimum absolute atomic E-state index is 0.0447. The molecule has 9 nitrogen and oxygen atoms in total. The Hall–Kier alpha value is -3.67. The van der Waals surface area contributed by atoms with E-state index in [2.05, 4.69) is 15.1 Å². The molecule has 0 spiro atoms. The van der Waals surface area contributed by atoms with Gasteiger partial charge in [-0.3, -0.25) is 0 Å². The Balaban J connectivity index is 1.68. The number of anilines is 2. The highest BCUT2D eigenvalue weighted by atomic mass is 16.2. The summed E-state index contributed by atoms with van der Waals surface area (Å²) < 4.78 is 3.04. The van der Waals surface area contributed by atoms with Gasteiger partial charge in [-0.25, -0.2) is 19.0 Å². The molecule has 4 rings (SSSR count). The number of nitriles is 1.